The maximum atomic E-state index is 13.9. The van der Waals surface area contributed by atoms with Gasteiger partial charge in [-0.05, 0) is 29.7 Å². The summed E-state index contributed by atoms with van der Waals surface area (Å²) in [4.78, 5) is 31.6. The van der Waals surface area contributed by atoms with Gasteiger partial charge in [0.25, 0.3) is 5.78 Å². The van der Waals surface area contributed by atoms with Crippen molar-refractivity contribution in [2.24, 2.45) is 0 Å². The molecule has 11 heteroatoms. The van der Waals surface area contributed by atoms with E-state index in [1.54, 1.807) is 18.4 Å². The van der Waals surface area contributed by atoms with E-state index in [2.05, 4.69) is 54.5 Å². The predicted molar refractivity (Wildman–Crippen MR) is 151 cm³/mol. The maximum Gasteiger partial charge on any atom is 0.259 e. The summed E-state index contributed by atoms with van der Waals surface area (Å²) in [5.74, 6) is 1.45. The number of carbonyl (C=O) groups is 1. The van der Waals surface area contributed by atoms with Crippen molar-refractivity contribution in [3.63, 3.8) is 0 Å². The van der Waals surface area contributed by atoms with Crippen LogP contribution in [0.15, 0.2) is 83.5 Å². The van der Waals surface area contributed by atoms with Crippen LogP contribution in [0.1, 0.15) is 17.5 Å². The molecular weight excluding hydrogens is 506 g/mol. The molecule has 1 saturated heterocycles. The number of amides is 1. The van der Waals surface area contributed by atoms with Crippen molar-refractivity contribution >= 4 is 23.6 Å². The van der Waals surface area contributed by atoms with Gasteiger partial charge in [-0.2, -0.15) is 19.5 Å². The van der Waals surface area contributed by atoms with E-state index in [1.807, 2.05) is 41.3 Å². The number of furan rings is 1. The number of hydrogen-bond donors (Lipinski definition) is 2. The van der Waals surface area contributed by atoms with Crippen molar-refractivity contribution in [3.05, 3.63) is 90.2 Å². The van der Waals surface area contributed by atoms with E-state index in [1.165, 1.54) is 10.1 Å². The van der Waals surface area contributed by atoms with Gasteiger partial charge in [-0.1, -0.05) is 60.7 Å². The van der Waals surface area contributed by atoms with Crippen molar-refractivity contribution < 1.29 is 9.21 Å². The Labute approximate surface area is 231 Å². The SMILES string of the molecule is Nc1nc(N[C@@H](Cc2ccccc2)C(=O)N2CCCN(Cc3ccccc3)CC2)nc2nc(-c3ccco3)nn12. The lowest BCUT2D eigenvalue weighted by molar-refractivity contribution is -0.131. The van der Waals surface area contributed by atoms with Crippen LogP contribution in [0, 0.1) is 0 Å². The molecular formula is C29H31N9O2. The number of nitrogens with zero attached hydrogens (tertiary/aromatic N) is 7. The number of anilines is 2. The number of rotatable bonds is 8. The van der Waals surface area contributed by atoms with Gasteiger partial charge in [0.15, 0.2) is 5.76 Å². The monoisotopic (exact) mass is 537 g/mol. The normalized spacial score (nSPS) is 15.2. The fourth-order valence-corrected chi connectivity index (χ4v) is 5.00. The fourth-order valence-electron chi connectivity index (χ4n) is 5.00. The first-order valence-corrected chi connectivity index (χ1v) is 13.4. The van der Waals surface area contributed by atoms with Crippen LogP contribution in [0.4, 0.5) is 11.9 Å². The second-order valence-corrected chi connectivity index (χ2v) is 9.86. The van der Waals surface area contributed by atoms with Gasteiger partial charge < -0.3 is 20.4 Å². The number of carbonyl (C=O) groups excluding carboxylic acids is 1. The molecule has 1 fully saturated rings. The molecule has 1 atom stereocenters. The zero-order valence-corrected chi connectivity index (χ0v) is 22.1. The molecule has 0 aliphatic carbocycles. The Morgan fingerprint density at radius 3 is 2.42 bits per heavy atom. The Balaban J connectivity index is 1.21. The zero-order valence-electron chi connectivity index (χ0n) is 22.1. The minimum absolute atomic E-state index is 0.00482. The number of aromatic nitrogens is 5. The third-order valence-electron chi connectivity index (χ3n) is 7.01. The second kappa shape index (κ2) is 11.5. The smallest absolute Gasteiger partial charge is 0.259 e. The Morgan fingerprint density at radius 1 is 0.900 bits per heavy atom. The van der Waals surface area contributed by atoms with Crippen molar-refractivity contribution in [3.8, 4) is 11.6 Å². The van der Waals surface area contributed by atoms with Crippen LogP contribution in [-0.4, -0.2) is 72.5 Å². The van der Waals surface area contributed by atoms with Crippen LogP contribution >= 0.6 is 0 Å². The zero-order chi connectivity index (χ0) is 27.3. The van der Waals surface area contributed by atoms with E-state index in [9.17, 15) is 4.79 Å². The summed E-state index contributed by atoms with van der Waals surface area (Å²) >= 11 is 0. The summed E-state index contributed by atoms with van der Waals surface area (Å²) in [6.07, 6.45) is 2.93. The molecule has 1 aliphatic heterocycles. The largest absolute Gasteiger partial charge is 0.461 e. The highest BCUT2D eigenvalue weighted by molar-refractivity contribution is 5.84. The molecule has 1 amide bonds. The van der Waals surface area contributed by atoms with Crippen molar-refractivity contribution in [2.75, 3.05) is 37.2 Å². The van der Waals surface area contributed by atoms with Gasteiger partial charge in [0.05, 0.1) is 6.26 Å². The number of benzene rings is 2. The van der Waals surface area contributed by atoms with Crippen molar-refractivity contribution in [2.45, 2.75) is 25.4 Å². The first kappa shape index (κ1) is 25.5. The molecule has 5 aromatic rings. The molecule has 3 aromatic heterocycles. The Morgan fingerprint density at radius 2 is 1.68 bits per heavy atom. The minimum atomic E-state index is -0.586. The number of nitrogen functional groups attached to an aromatic ring is 1. The predicted octanol–water partition coefficient (Wildman–Crippen LogP) is 3.12. The van der Waals surface area contributed by atoms with Gasteiger partial charge in [0, 0.05) is 39.1 Å². The minimum Gasteiger partial charge on any atom is -0.461 e. The third kappa shape index (κ3) is 5.79. The summed E-state index contributed by atoms with van der Waals surface area (Å²) in [6.45, 7) is 3.97. The summed E-state index contributed by atoms with van der Waals surface area (Å²) in [5, 5.41) is 7.61. The molecule has 11 nitrogen and oxygen atoms in total. The van der Waals surface area contributed by atoms with E-state index < -0.39 is 6.04 Å². The quantitative estimate of drug-likeness (QED) is 0.306. The lowest BCUT2D eigenvalue weighted by atomic mass is 10.0. The number of nitrogens with one attached hydrogen (secondary N) is 1. The van der Waals surface area contributed by atoms with E-state index in [0.29, 0.717) is 31.1 Å². The van der Waals surface area contributed by atoms with Crippen LogP contribution < -0.4 is 11.1 Å². The Bertz CT molecular complexity index is 1560. The van der Waals surface area contributed by atoms with E-state index in [4.69, 9.17) is 10.2 Å². The molecule has 4 heterocycles. The lowest BCUT2D eigenvalue weighted by Gasteiger charge is -2.27. The molecule has 3 N–H and O–H groups in total. The maximum absolute atomic E-state index is 13.9. The second-order valence-electron chi connectivity index (χ2n) is 9.86. The summed E-state index contributed by atoms with van der Waals surface area (Å²) < 4.78 is 6.76. The molecule has 0 radical (unpaired) electrons. The summed E-state index contributed by atoms with van der Waals surface area (Å²) in [7, 11) is 0. The molecule has 2 aromatic carbocycles. The molecule has 204 valence electrons. The van der Waals surface area contributed by atoms with Crippen LogP contribution in [-0.2, 0) is 17.8 Å². The van der Waals surface area contributed by atoms with Gasteiger partial charge in [-0.25, -0.2) is 0 Å². The van der Waals surface area contributed by atoms with E-state index in [0.717, 1.165) is 31.6 Å². The van der Waals surface area contributed by atoms with E-state index in [-0.39, 0.29) is 23.6 Å². The van der Waals surface area contributed by atoms with Crippen LogP contribution in [0.3, 0.4) is 0 Å². The molecule has 0 unspecified atom stereocenters. The van der Waals surface area contributed by atoms with Crippen LogP contribution in [0.25, 0.3) is 17.4 Å². The van der Waals surface area contributed by atoms with Crippen LogP contribution in [0.5, 0.6) is 0 Å². The Hall–Kier alpha value is -4.77. The first-order valence-electron chi connectivity index (χ1n) is 13.4. The highest BCUT2D eigenvalue weighted by Crippen LogP contribution is 2.19. The van der Waals surface area contributed by atoms with Gasteiger partial charge in [0.1, 0.15) is 6.04 Å². The fraction of sp³-hybridized carbons (Fsp3) is 0.276. The van der Waals surface area contributed by atoms with Gasteiger partial charge >= 0.3 is 0 Å². The molecule has 0 spiro atoms. The molecule has 1 aliphatic rings. The van der Waals surface area contributed by atoms with Crippen molar-refractivity contribution in [1.82, 2.24) is 34.4 Å². The number of hydrogen-bond acceptors (Lipinski definition) is 9. The first-order chi connectivity index (χ1) is 19.6. The number of fused-ring (bicyclic) bond motifs is 1. The van der Waals surface area contributed by atoms with E-state index >= 15 is 0 Å². The van der Waals surface area contributed by atoms with Gasteiger partial charge in [-0.15, -0.1) is 5.10 Å². The standard InChI is InChI=1S/C29H31N9O2/c30-27-33-28(34-29-32-25(35-38(27)29)24-13-7-18-40-24)31-23(19-21-9-3-1-4-10-21)26(39)37-15-8-14-36(16-17-37)20-22-11-5-2-6-12-22/h1-7,9-13,18,23H,8,14-17,19-20H2,(H3,30,31,32,33,34,35)/t23-/m0/s1. The number of nitrogens with two attached hydrogens (primary N) is 1. The molecule has 40 heavy (non-hydrogen) atoms. The molecule has 0 saturated carbocycles. The lowest BCUT2D eigenvalue weighted by Crippen LogP contribution is -2.46. The van der Waals surface area contributed by atoms with Gasteiger partial charge in [0.2, 0.25) is 23.6 Å². The van der Waals surface area contributed by atoms with Crippen LogP contribution in [0.2, 0.25) is 0 Å². The highest BCUT2D eigenvalue weighted by atomic mass is 16.3. The highest BCUT2D eigenvalue weighted by Gasteiger charge is 2.28. The third-order valence-corrected chi connectivity index (χ3v) is 7.01. The average molecular weight is 538 g/mol. The van der Waals surface area contributed by atoms with Gasteiger partial charge in [-0.3, -0.25) is 9.69 Å². The Kier molecular flexibility index (Phi) is 7.36. The average Bonchev–Trinajstić information content (AvgIpc) is 3.60. The molecule has 6 rings (SSSR count). The topological polar surface area (TPSA) is 131 Å². The summed E-state index contributed by atoms with van der Waals surface area (Å²) in [5.41, 5.74) is 8.52. The summed E-state index contributed by atoms with van der Waals surface area (Å²) in [6, 6.07) is 23.3. The molecule has 0 bridgehead atoms. The van der Waals surface area contributed by atoms with Crippen molar-refractivity contribution in [1.29, 1.82) is 0 Å².